The van der Waals surface area contributed by atoms with Gasteiger partial charge >= 0.3 is 0 Å². The lowest BCUT2D eigenvalue weighted by Crippen LogP contribution is -2.34. The lowest BCUT2D eigenvalue weighted by molar-refractivity contribution is 0.192. The summed E-state index contributed by atoms with van der Waals surface area (Å²) in [5.41, 5.74) is 0.667. The molecule has 2 heterocycles. The Labute approximate surface area is 122 Å². The van der Waals surface area contributed by atoms with Crippen molar-refractivity contribution in [3.63, 3.8) is 0 Å². The molecule has 1 aromatic heterocycles. The number of benzene rings is 1. The number of pyridine rings is 1. The minimum absolute atomic E-state index is 0.154. The summed E-state index contributed by atoms with van der Waals surface area (Å²) in [7, 11) is -3.54. The molecule has 0 spiro atoms. The van der Waals surface area contributed by atoms with Crippen LogP contribution in [0.4, 0.5) is 0 Å². The quantitative estimate of drug-likeness (QED) is 0.880. The van der Waals surface area contributed by atoms with Gasteiger partial charge in [0.2, 0.25) is 10.0 Å². The van der Waals surface area contributed by atoms with Gasteiger partial charge in [-0.3, -0.25) is 0 Å². The summed E-state index contributed by atoms with van der Waals surface area (Å²) < 4.78 is 32.4. The predicted octanol–water partition coefficient (Wildman–Crippen LogP) is 1.96. The maximum Gasteiger partial charge on any atom is 0.240 e. The first-order valence-electron chi connectivity index (χ1n) is 6.21. The van der Waals surface area contributed by atoms with Crippen LogP contribution >= 0.6 is 11.6 Å². The second kappa shape index (κ2) is 5.29. The molecule has 0 bridgehead atoms. The molecule has 7 heteroatoms. The molecule has 1 atom stereocenters. The molecule has 1 saturated heterocycles. The highest BCUT2D eigenvalue weighted by atomic mass is 35.5. The summed E-state index contributed by atoms with van der Waals surface area (Å²) in [6.45, 7) is 1.01. The van der Waals surface area contributed by atoms with Crippen molar-refractivity contribution in [3.05, 3.63) is 35.5 Å². The molecule has 1 aliphatic heterocycles. The molecule has 0 saturated carbocycles. The van der Waals surface area contributed by atoms with Crippen LogP contribution in [0.3, 0.4) is 0 Å². The molecular formula is C13H13ClN2O3S. The molecule has 1 unspecified atom stereocenters. The van der Waals surface area contributed by atoms with E-state index in [1.165, 1.54) is 6.07 Å². The number of halogens is 1. The third-order valence-electron chi connectivity index (χ3n) is 3.19. The van der Waals surface area contributed by atoms with Gasteiger partial charge in [0.15, 0.2) is 0 Å². The Morgan fingerprint density at radius 1 is 1.30 bits per heavy atom. The van der Waals surface area contributed by atoms with Crippen molar-refractivity contribution in [2.24, 2.45) is 0 Å². The highest BCUT2D eigenvalue weighted by Gasteiger charge is 2.23. The monoisotopic (exact) mass is 312 g/mol. The largest absolute Gasteiger partial charge is 0.380 e. The molecule has 1 fully saturated rings. The summed E-state index contributed by atoms with van der Waals surface area (Å²) in [5, 5.41) is 1.12. The summed E-state index contributed by atoms with van der Waals surface area (Å²) in [4.78, 5) is 4.36. The van der Waals surface area contributed by atoms with Crippen LogP contribution in [0.2, 0.25) is 5.15 Å². The Bertz CT molecular complexity index is 742. The van der Waals surface area contributed by atoms with Gasteiger partial charge in [0.05, 0.1) is 17.0 Å². The smallest absolute Gasteiger partial charge is 0.240 e. The predicted molar refractivity (Wildman–Crippen MR) is 76.3 cm³/mol. The third-order valence-corrected chi connectivity index (χ3v) is 4.92. The van der Waals surface area contributed by atoms with Crippen molar-refractivity contribution in [3.8, 4) is 0 Å². The molecular weight excluding hydrogens is 300 g/mol. The number of sulfonamides is 1. The fourth-order valence-corrected chi connectivity index (χ4v) is 3.61. The van der Waals surface area contributed by atoms with E-state index in [9.17, 15) is 8.42 Å². The van der Waals surface area contributed by atoms with Crippen molar-refractivity contribution in [2.45, 2.75) is 17.4 Å². The van der Waals surface area contributed by atoms with Crippen LogP contribution in [0.15, 0.2) is 35.2 Å². The minimum atomic E-state index is -3.54. The summed E-state index contributed by atoms with van der Waals surface area (Å²) in [6.07, 6.45) is 0.698. The van der Waals surface area contributed by atoms with Gasteiger partial charge in [-0.05, 0) is 36.8 Å². The second-order valence-electron chi connectivity index (χ2n) is 4.67. The van der Waals surface area contributed by atoms with Crippen molar-refractivity contribution in [1.29, 1.82) is 0 Å². The van der Waals surface area contributed by atoms with E-state index in [0.29, 0.717) is 30.3 Å². The van der Waals surface area contributed by atoms with Gasteiger partial charge in [0.25, 0.3) is 0 Å². The number of rotatable bonds is 3. The van der Waals surface area contributed by atoms with Crippen molar-refractivity contribution < 1.29 is 13.2 Å². The number of ether oxygens (including phenoxy) is 1. The fraction of sp³-hybridized carbons (Fsp3) is 0.308. The van der Waals surface area contributed by atoms with Crippen LogP contribution in [0.25, 0.3) is 10.9 Å². The van der Waals surface area contributed by atoms with E-state index in [1.807, 2.05) is 0 Å². The average Bonchev–Trinajstić information content (AvgIpc) is 2.90. The zero-order valence-electron chi connectivity index (χ0n) is 10.5. The van der Waals surface area contributed by atoms with Crippen molar-refractivity contribution in [2.75, 3.05) is 13.2 Å². The molecule has 0 amide bonds. The standard InChI is InChI=1S/C13H13ClN2O3S/c14-13-4-1-9-7-11(2-3-12(9)15-13)20(17,18)16-10-5-6-19-8-10/h1-4,7,10,16H,5-6,8H2. The summed E-state index contributed by atoms with van der Waals surface area (Å²) in [5.74, 6) is 0. The van der Waals surface area contributed by atoms with Crippen LogP contribution in [-0.4, -0.2) is 32.7 Å². The number of nitrogens with zero attached hydrogens (tertiary/aromatic N) is 1. The Hall–Kier alpha value is -1.21. The Kier molecular flexibility index (Phi) is 3.64. The maximum absolute atomic E-state index is 12.3. The molecule has 20 heavy (non-hydrogen) atoms. The second-order valence-corrected chi connectivity index (χ2v) is 6.77. The Balaban J connectivity index is 1.94. The maximum atomic E-state index is 12.3. The van der Waals surface area contributed by atoms with Gasteiger partial charge in [-0.1, -0.05) is 11.6 Å². The Morgan fingerprint density at radius 2 is 2.15 bits per heavy atom. The molecule has 3 rings (SSSR count). The van der Waals surface area contributed by atoms with E-state index in [1.54, 1.807) is 24.3 Å². The summed E-state index contributed by atoms with van der Waals surface area (Å²) >= 11 is 5.81. The third kappa shape index (κ3) is 2.78. The van der Waals surface area contributed by atoms with Crippen LogP contribution in [0.5, 0.6) is 0 Å². The van der Waals surface area contributed by atoms with Crippen LogP contribution < -0.4 is 4.72 Å². The minimum Gasteiger partial charge on any atom is -0.380 e. The molecule has 5 nitrogen and oxygen atoms in total. The molecule has 1 N–H and O–H groups in total. The lowest BCUT2D eigenvalue weighted by Gasteiger charge is -2.11. The molecule has 106 valence electrons. The first-order chi connectivity index (χ1) is 9.54. The van der Waals surface area contributed by atoms with E-state index in [0.717, 1.165) is 5.39 Å². The van der Waals surface area contributed by atoms with Gasteiger partial charge in [0, 0.05) is 18.0 Å². The highest BCUT2D eigenvalue weighted by Crippen LogP contribution is 2.20. The topological polar surface area (TPSA) is 68.3 Å². The van der Waals surface area contributed by atoms with Gasteiger partial charge in [0.1, 0.15) is 5.15 Å². The molecule has 1 aromatic carbocycles. The molecule has 0 aliphatic carbocycles. The van der Waals surface area contributed by atoms with Crippen LogP contribution in [0.1, 0.15) is 6.42 Å². The van der Waals surface area contributed by atoms with Gasteiger partial charge in [-0.25, -0.2) is 18.1 Å². The summed E-state index contributed by atoms with van der Waals surface area (Å²) in [6, 6.07) is 8.02. The first-order valence-corrected chi connectivity index (χ1v) is 8.07. The average molecular weight is 313 g/mol. The number of hydrogen-bond acceptors (Lipinski definition) is 4. The molecule has 0 radical (unpaired) electrons. The highest BCUT2D eigenvalue weighted by molar-refractivity contribution is 7.89. The first kappa shape index (κ1) is 13.8. The normalized spacial score (nSPS) is 19.6. The number of hydrogen-bond donors (Lipinski definition) is 1. The number of aromatic nitrogens is 1. The SMILES string of the molecule is O=S(=O)(NC1CCOC1)c1ccc2nc(Cl)ccc2c1. The molecule has 1 aliphatic rings. The van der Waals surface area contributed by atoms with Gasteiger partial charge in [-0.15, -0.1) is 0 Å². The van der Waals surface area contributed by atoms with Gasteiger partial charge < -0.3 is 4.74 Å². The number of fused-ring (bicyclic) bond motifs is 1. The van der Waals surface area contributed by atoms with Crippen LogP contribution in [-0.2, 0) is 14.8 Å². The van der Waals surface area contributed by atoms with Gasteiger partial charge in [-0.2, -0.15) is 0 Å². The zero-order valence-corrected chi connectivity index (χ0v) is 12.1. The Morgan fingerprint density at radius 3 is 2.90 bits per heavy atom. The van der Waals surface area contributed by atoms with Crippen LogP contribution in [0, 0.1) is 0 Å². The van der Waals surface area contributed by atoms with Crippen molar-refractivity contribution >= 4 is 32.5 Å². The fourth-order valence-electron chi connectivity index (χ4n) is 2.16. The zero-order chi connectivity index (χ0) is 14.2. The molecule has 2 aromatic rings. The van der Waals surface area contributed by atoms with E-state index < -0.39 is 10.0 Å². The van der Waals surface area contributed by atoms with E-state index in [-0.39, 0.29) is 10.9 Å². The number of nitrogens with one attached hydrogen (secondary N) is 1. The lowest BCUT2D eigenvalue weighted by atomic mass is 10.2. The van der Waals surface area contributed by atoms with Crippen molar-refractivity contribution in [1.82, 2.24) is 9.71 Å². The van der Waals surface area contributed by atoms with E-state index in [4.69, 9.17) is 16.3 Å². The van der Waals surface area contributed by atoms with E-state index in [2.05, 4.69) is 9.71 Å². The van der Waals surface area contributed by atoms with E-state index >= 15 is 0 Å².